The molecule has 0 radical (unpaired) electrons. The molecule has 2 amide bonds. The van der Waals surface area contributed by atoms with E-state index in [-0.39, 0.29) is 43.0 Å². The van der Waals surface area contributed by atoms with E-state index >= 15 is 0 Å². The van der Waals surface area contributed by atoms with Gasteiger partial charge in [0.25, 0.3) is 11.8 Å². The lowest BCUT2D eigenvalue weighted by Crippen LogP contribution is -2.29. The molecular weight excluding hydrogens is 472 g/mol. The maximum atomic E-state index is 12.9. The Morgan fingerprint density at radius 2 is 1.30 bits per heavy atom. The number of amides is 2. The van der Waals surface area contributed by atoms with E-state index in [1.165, 1.54) is 24.3 Å². The molecule has 1 saturated carbocycles. The molecule has 0 aromatic heterocycles. The average molecular weight is 487 g/mol. The van der Waals surface area contributed by atoms with E-state index in [0.29, 0.717) is 5.56 Å². The topological polar surface area (TPSA) is 63.7 Å². The molecule has 0 spiro atoms. The number of anilines is 1. The number of hydrogen-bond donors (Lipinski definition) is 0. The molecule has 1 aliphatic heterocycles. The van der Waals surface area contributed by atoms with Crippen LogP contribution in [-0.2, 0) is 4.74 Å². The summed E-state index contributed by atoms with van der Waals surface area (Å²) in [6, 6.07) is 5.99. The van der Waals surface area contributed by atoms with Crippen molar-refractivity contribution in [1.82, 2.24) is 0 Å². The third kappa shape index (κ3) is 3.58. The molecule has 0 unspecified atom stereocenters. The lowest BCUT2D eigenvalue weighted by atomic mass is 9.98. The van der Waals surface area contributed by atoms with Crippen molar-refractivity contribution in [3.63, 3.8) is 0 Å². The summed E-state index contributed by atoms with van der Waals surface area (Å²) in [5, 5.41) is -0.444. The summed E-state index contributed by atoms with van der Waals surface area (Å²) in [5.41, 5.74) is 0.404. The van der Waals surface area contributed by atoms with Crippen molar-refractivity contribution in [2.75, 3.05) is 4.90 Å². The zero-order valence-corrected chi connectivity index (χ0v) is 18.5. The quantitative estimate of drug-likeness (QED) is 0.212. The summed E-state index contributed by atoms with van der Waals surface area (Å²) in [7, 11) is 0. The van der Waals surface area contributed by atoms with E-state index in [1.807, 2.05) is 0 Å². The monoisotopic (exact) mass is 485 g/mol. The Kier molecular flexibility index (Phi) is 5.99. The number of esters is 1. The molecule has 0 atom stereocenters. The second-order valence-electron chi connectivity index (χ2n) is 7.16. The summed E-state index contributed by atoms with van der Waals surface area (Å²) < 4.78 is 5.54. The van der Waals surface area contributed by atoms with Crippen molar-refractivity contribution in [3.8, 4) is 0 Å². The highest BCUT2D eigenvalue weighted by atomic mass is 35.5. The first-order chi connectivity index (χ1) is 14.3. The molecule has 1 heterocycles. The highest BCUT2D eigenvalue weighted by Crippen LogP contribution is 2.45. The van der Waals surface area contributed by atoms with Crippen LogP contribution in [0.4, 0.5) is 5.69 Å². The minimum atomic E-state index is -0.669. The van der Waals surface area contributed by atoms with Crippen LogP contribution in [0, 0.1) is 0 Å². The van der Waals surface area contributed by atoms with E-state index in [4.69, 9.17) is 51.1 Å². The van der Waals surface area contributed by atoms with Crippen LogP contribution in [0.2, 0.25) is 20.1 Å². The van der Waals surface area contributed by atoms with Gasteiger partial charge in [-0.2, -0.15) is 0 Å². The number of hydrogen-bond acceptors (Lipinski definition) is 4. The fourth-order valence-corrected chi connectivity index (χ4v) is 4.75. The number of nitrogens with zero attached hydrogens (tertiary/aromatic N) is 1. The lowest BCUT2D eigenvalue weighted by molar-refractivity contribution is 0.0211. The van der Waals surface area contributed by atoms with Gasteiger partial charge in [-0.3, -0.25) is 9.59 Å². The van der Waals surface area contributed by atoms with Gasteiger partial charge in [-0.1, -0.05) is 52.8 Å². The Morgan fingerprint density at radius 3 is 1.80 bits per heavy atom. The smallest absolute Gasteiger partial charge is 0.338 e. The van der Waals surface area contributed by atoms with Crippen LogP contribution in [-0.4, -0.2) is 23.9 Å². The molecule has 4 rings (SSSR count). The highest BCUT2D eigenvalue weighted by molar-refractivity contribution is 6.56. The Bertz CT molecular complexity index is 1010. The fourth-order valence-electron chi connectivity index (χ4n) is 3.73. The van der Waals surface area contributed by atoms with Crippen LogP contribution in [0.1, 0.15) is 63.2 Å². The largest absolute Gasteiger partial charge is 0.459 e. The number of halogens is 4. The number of imide groups is 1. The van der Waals surface area contributed by atoms with Crippen LogP contribution >= 0.6 is 46.4 Å². The molecule has 0 N–H and O–H groups in total. The highest BCUT2D eigenvalue weighted by Gasteiger charge is 2.42. The van der Waals surface area contributed by atoms with Gasteiger partial charge in [-0.25, -0.2) is 9.69 Å². The Balaban J connectivity index is 1.60. The maximum absolute atomic E-state index is 12.9. The molecule has 30 heavy (non-hydrogen) atoms. The standard InChI is InChI=1S/C21H15Cl4NO4/c22-15-13-14(16(23)18(25)17(15)24)20(28)26(19(13)27)11-8-6-10(7-9-11)21(29)30-12-4-2-1-3-5-12/h6-9,12H,1-5H2. The minimum absolute atomic E-state index is 0.0686. The van der Waals surface area contributed by atoms with Gasteiger partial charge in [-0.05, 0) is 49.9 Å². The van der Waals surface area contributed by atoms with Crippen LogP contribution in [0.5, 0.6) is 0 Å². The lowest BCUT2D eigenvalue weighted by Gasteiger charge is -2.22. The van der Waals surface area contributed by atoms with Crippen LogP contribution in [0.3, 0.4) is 0 Å². The van der Waals surface area contributed by atoms with Gasteiger partial charge in [0.1, 0.15) is 6.10 Å². The third-order valence-corrected chi connectivity index (χ3v) is 7.09. The molecule has 5 nitrogen and oxygen atoms in total. The van der Waals surface area contributed by atoms with Crippen molar-refractivity contribution >= 4 is 69.9 Å². The predicted octanol–water partition coefficient (Wildman–Crippen LogP) is 6.59. The van der Waals surface area contributed by atoms with Crippen molar-refractivity contribution < 1.29 is 19.1 Å². The molecule has 2 aliphatic rings. The SMILES string of the molecule is O=C(OC1CCCCC1)c1ccc(N2C(=O)c3c(Cl)c(Cl)c(Cl)c(Cl)c3C2=O)cc1. The number of rotatable bonds is 3. The fraction of sp³-hybridized carbons (Fsp3) is 0.286. The van der Waals surface area contributed by atoms with Crippen molar-refractivity contribution in [3.05, 3.63) is 61.0 Å². The molecule has 0 bridgehead atoms. The second kappa shape index (κ2) is 8.39. The summed E-state index contributed by atoms with van der Waals surface area (Å²) in [4.78, 5) is 39.1. The Labute approximate surface area is 192 Å². The molecule has 2 aromatic rings. The van der Waals surface area contributed by atoms with Crippen molar-refractivity contribution in [2.45, 2.75) is 38.2 Å². The number of carbonyl (C=O) groups is 3. The van der Waals surface area contributed by atoms with E-state index in [2.05, 4.69) is 0 Å². The molecular formula is C21H15Cl4NO4. The van der Waals surface area contributed by atoms with Gasteiger partial charge in [-0.15, -0.1) is 0 Å². The summed E-state index contributed by atoms with van der Waals surface area (Å²) in [5.74, 6) is -1.77. The molecule has 0 saturated heterocycles. The van der Waals surface area contributed by atoms with E-state index < -0.39 is 17.8 Å². The second-order valence-corrected chi connectivity index (χ2v) is 8.68. The zero-order chi connectivity index (χ0) is 21.6. The normalized spacial score (nSPS) is 16.7. The summed E-state index contributed by atoms with van der Waals surface area (Å²) in [6.07, 6.45) is 4.93. The number of benzene rings is 2. The van der Waals surface area contributed by atoms with Gasteiger partial charge in [0.2, 0.25) is 0 Å². The zero-order valence-electron chi connectivity index (χ0n) is 15.5. The van der Waals surface area contributed by atoms with E-state index in [1.54, 1.807) is 0 Å². The van der Waals surface area contributed by atoms with Gasteiger partial charge < -0.3 is 4.74 Å². The van der Waals surface area contributed by atoms with Crippen LogP contribution < -0.4 is 4.90 Å². The number of carbonyl (C=O) groups excluding carboxylic acids is 3. The first-order valence-electron chi connectivity index (χ1n) is 9.37. The summed E-state index contributed by atoms with van der Waals surface area (Å²) >= 11 is 24.4. The first kappa shape index (κ1) is 21.4. The predicted molar refractivity (Wildman–Crippen MR) is 116 cm³/mol. The molecule has 9 heteroatoms. The molecule has 1 fully saturated rings. The Hall–Kier alpha value is -1.79. The average Bonchev–Trinajstić information content (AvgIpc) is 3.01. The first-order valence-corrected chi connectivity index (χ1v) is 10.9. The van der Waals surface area contributed by atoms with Gasteiger partial charge >= 0.3 is 5.97 Å². The third-order valence-electron chi connectivity index (χ3n) is 5.29. The van der Waals surface area contributed by atoms with Crippen LogP contribution in [0.15, 0.2) is 24.3 Å². The van der Waals surface area contributed by atoms with Gasteiger partial charge in [0, 0.05) is 0 Å². The molecule has 2 aromatic carbocycles. The van der Waals surface area contributed by atoms with E-state index in [9.17, 15) is 14.4 Å². The van der Waals surface area contributed by atoms with E-state index in [0.717, 1.165) is 37.0 Å². The minimum Gasteiger partial charge on any atom is -0.459 e. The Morgan fingerprint density at radius 1 is 0.800 bits per heavy atom. The maximum Gasteiger partial charge on any atom is 0.338 e. The van der Waals surface area contributed by atoms with Crippen molar-refractivity contribution in [1.29, 1.82) is 0 Å². The molecule has 156 valence electrons. The number of fused-ring (bicyclic) bond motifs is 1. The molecule has 1 aliphatic carbocycles. The summed E-state index contributed by atoms with van der Waals surface area (Å²) in [6.45, 7) is 0. The van der Waals surface area contributed by atoms with Gasteiger partial charge in [0.15, 0.2) is 0 Å². The van der Waals surface area contributed by atoms with Gasteiger partial charge in [0.05, 0.1) is 42.5 Å². The van der Waals surface area contributed by atoms with Crippen molar-refractivity contribution in [2.24, 2.45) is 0 Å². The number of ether oxygens (including phenoxy) is 1. The van der Waals surface area contributed by atoms with Crippen LogP contribution in [0.25, 0.3) is 0 Å².